The minimum absolute atomic E-state index is 0.0420. The first-order chi connectivity index (χ1) is 9.70. The van der Waals surface area contributed by atoms with Gasteiger partial charge in [-0.25, -0.2) is 0 Å². The van der Waals surface area contributed by atoms with Crippen LogP contribution in [0.5, 0.6) is 0 Å². The van der Waals surface area contributed by atoms with E-state index in [2.05, 4.69) is 10.6 Å². The van der Waals surface area contributed by atoms with Crippen LogP contribution in [-0.4, -0.2) is 32.2 Å². The number of benzene rings is 1. The summed E-state index contributed by atoms with van der Waals surface area (Å²) >= 11 is 0. The summed E-state index contributed by atoms with van der Waals surface area (Å²) in [6, 6.07) is 5.88. The van der Waals surface area contributed by atoms with E-state index in [-0.39, 0.29) is 5.91 Å². The van der Waals surface area contributed by atoms with Crippen molar-refractivity contribution < 1.29 is 9.53 Å². The van der Waals surface area contributed by atoms with E-state index in [1.807, 2.05) is 32.0 Å². The van der Waals surface area contributed by atoms with Crippen LogP contribution in [0, 0.1) is 12.8 Å². The zero-order valence-corrected chi connectivity index (χ0v) is 12.4. The van der Waals surface area contributed by atoms with E-state index in [0.717, 1.165) is 30.3 Å². The minimum Gasteiger partial charge on any atom is -0.385 e. The summed E-state index contributed by atoms with van der Waals surface area (Å²) in [6.07, 6.45) is 2.59. The molecular weight excluding hydrogens is 252 g/mol. The van der Waals surface area contributed by atoms with Gasteiger partial charge in [0.2, 0.25) is 0 Å². The molecule has 0 aromatic heterocycles. The standard InChI is InChI=1S/C16H24N2O2/c1-3-17-15-7-4-12(2)10-14(15)16(19)18-8-9-20-11-13-5-6-13/h4,7,10,13,17H,3,5-6,8-9,11H2,1-2H3,(H,18,19). The predicted octanol–water partition coefficient (Wildman–Crippen LogP) is 2.58. The number of hydrogen-bond acceptors (Lipinski definition) is 3. The number of carbonyl (C=O) groups excluding carboxylic acids is 1. The summed E-state index contributed by atoms with van der Waals surface area (Å²) in [5, 5.41) is 6.13. The van der Waals surface area contributed by atoms with E-state index in [1.54, 1.807) is 0 Å². The van der Waals surface area contributed by atoms with Gasteiger partial charge in [0.05, 0.1) is 12.2 Å². The molecule has 0 saturated heterocycles. The number of rotatable bonds is 8. The number of nitrogens with one attached hydrogen (secondary N) is 2. The summed E-state index contributed by atoms with van der Waals surface area (Å²) < 4.78 is 5.51. The van der Waals surface area contributed by atoms with Crippen molar-refractivity contribution in [2.24, 2.45) is 5.92 Å². The molecule has 2 N–H and O–H groups in total. The first-order valence-corrected chi connectivity index (χ1v) is 7.41. The van der Waals surface area contributed by atoms with Crippen molar-refractivity contribution in [3.05, 3.63) is 29.3 Å². The Morgan fingerprint density at radius 1 is 1.40 bits per heavy atom. The lowest BCUT2D eigenvalue weighted by Crippen LogP contribution is -2.28. The van der Waals surface area contributed by atoms with E-state index in [0.29, 0.717) is 18.7 Å². The maximum absolute atomic E-state index is 12.2. The molecule has 1 aliphatic rings. The molecule has 1 fully saturated rings. The summed E-state index contributed by atoms with van der Waals surface area (Å²) in [7, 11) is 0. The van der Waals surface area contributed by atoms with Crippen LogP contribution < -0.4 is 10.6 Å². The number of ether oxygens (including phenoxy) is 1. The van der Waals surface area contributed by atoms with Crippen LogP contribution in [-0.2, 0) is 4.74 Å². The summed E-state index contributed by atoms with van der Waals surface area (Å²) in [5.74, 6) is 0.725. The van der Waals surface area contributed by atoms with Gasteiger partial charge < -0.3 is 15.4 Å². The quantitative estimate of drug-likeness (QED) is 0.718. The number of aryl methyl sites for hydroxylation is 1. The van der Waals surface area contributed by atoms with Gasteiger partial charge >= 0.3 is 0 Å². The third kappa shape index (κ3) is 4.53. The molecule has 2 rings (SSSR count). The Morgan fingerprint density at radius 3 is 2.90 bits per heavy atom. The highest BCUT2D eigenvalue weighted by Gasteiger charge is 2.20. The smallest absolute Gasteiger partial charge is 0.253 e. The largest absolute Gasteiger partial charge is 0.385 e. The maximum Gasteiger partial charge on any atom is 0.253 e. The topological polar surface area (TPSA) is 50.4 Å². The fraction of sp³-hybridized carbons (Fsp3) is 0.562. The molecule has 1 aliphatic carbocycles. The molecule has 0 aliphatic heterocycles. The second-order valence-corrected chi connectivity index (χ2v) is 5.35. The summed E-state index contributed by atoms with van der Waals surface area (Å²) in [5.41, 5.74) is 2.67. The second kappa shape index (κ2) is 7.29. The molecule has 4 heteroatoms. The molecule has 0 radical (unpaired) electrons. The van der Waals surface area contributed by atoms with Gasteiger partial charge in [-0.15, -0.1) is 0 Å². The van der Waals surface area contributed by atoms with Crippen molar-refractivity contribution in [1.82, 2.24) is 5.32 Å². The van der Waals surface area contributed by atoms with Crippen LogP contribution in [0.25, 0.3) is 0 Å². The first-order valence-electron chi connectivity index (χ1n) is 7.41. The van der Waals surface area contributed by atoms with Crippen LogP contribution in [0.2, 0.25) is 0 Å². The highest BCUT2D eigenvalue weighted by atomic mass is 16.5. The lowest BCUT2D eigenvalue weighted by Gasteiger charge is -2.12. The maximum atomic E-state index is 12.2. The molecule has 1 saturated carbocycles. The third-order valence-corrected chi connectivity index (χ3v) is 3.37. The van der Waals surface area contributed by atoms with E-state index >= 15 is 0 Å². The van der Waals surface area contributed by atoms with Gasteiger partial charge in [0.1, 0.15) is 0 Å². The molecule has 1 aromatic rings. The molecule has 110 valence electrons. The number of carbonyl (C=O) groups is 1. The molecule has 20 heavy (non-hydrogen) atoms. The van der Waals surface area contributed by atoms with Gasteiger partial charge in [0.25, 0.3) is 5.91 Å². The molecule has 1 amide bonds. The van der Waals surface area contributed by atoms with Crippen LogP contribution in [0.15, 0.2) is 18.2 Å². The molecular formula is C16H24N2O2. The highest BCUT2D eigenvalue weighted by Crippen LogP contribution is 2.28. The van der Waals surface area contributed by atoms with Crippen LogP contribution in [0.3, 0.4) is 0 Å². The van der Waals surface area contributed by atoms with Crippen LogP contribution in [0.4, 0.5) is 5.69 Å². The summed E-state index contributed by atoms with van der Waals surface area (Å²) in [6.45, 7) is 6.80. The number of amides is 1. The monoisotopic (exact) mass is 276 g/mol. The molecule has 0 heterocycles. The van der Waals surface area contributed by atoms with E-state index < -0.39 is 0 Å². The summed E-state index contributed by atoms with van der Waals surface area (Å²) in [4.78, 5) is 12.2. The normalized spacial score (nSPS) is 14.1. The molecule has 0 unspecified atom stereocenters. The van der Waals surface area contributed by atoms with Crippen molar-refractivity contribution in [2.45, 2.75) is 26.7 Å². The van der Waals surface area contributed by atoms with Gasteiger partial charge in [0, 0.05) is 25.4 Å². The predicted molar refractivity (Wildman–Crippen MR) is 81.2 cm³/mol. The van der Waals surface area contributed by atoms with Crippen molar-refractivity contribution in [1.29, 1.82) is 0 Å². The highest BCUT2D eigenvalue weighted by molar-refractivity contribution is 5.99. The Labute approximate surface area is 120 Å². The van der Waals surface area contributed by atoms with Crippen molar-refractivity contribution in [2.75, 3.05) is 31.6 Å². The van der Waals surface area contributed by atoms with Gasteiger partial charge in [0.15, 0.2) is 0 Å². The number of anilines is 1. The van der Waals surface area contributed by atoms with Crippen LogP contribution >= 0.6 is 0 Å². The lowest BCUT2D eigenvalue weighted by molar-refractivity contribution is 0.0907. The Kier molecular flexibility index (Phi) is 5.41. The fourth-order valence-electron chi connectivity index (χ4n) is 2.06. The van der Waals surface area contributed by atoms with Gasteiger partial charge in [-0.05, 0) is 44.7 Å². The molecule has 1 aromatic carbocycles. The van der Waals surface area contributed by atoms with E-state index in [4.69, 9.17) is 4.74 Å². The lowest BCUT2D eigenvalue weighted by atomic mass is 10.1. The number of hydrogen-bond donors (Lipinski definition) is 2. The molecule has 0 bridgehead atoms. The average molecular weight is 276 g/mol. The fourth-order valence-corrected chi connectivity index (χ4v) is 2.06. The third-order valence-electron chi connectivity index (χ3n) is 3.37. The Bertz CT molecular complexity index is 456. The Balaban J connectivity index is 1.81. The molecule has 0 spiro atoms. The van der Waals surface area contributed by atoms with Gasteiger partial charge in [-0.2, -0.15) is 0 Å². The first kappa shape index (κ1) is 14.9. The van der Waals surface area contributed by atoms with E-state index in [1.165, 1.54) is 12.8 Å². The van der Waals surface area contributed by atoms with Crippen molar-refractivity contribution in [3.8, 4) is 0 Å². The Hall–Kier alpha value is -1.55. The van der Waals surface area contributed by atoms with E-state index in [9.17, 15) is 4.79 Å². The Morgan fingerprint density at radius 2 is 2.20 bits per heavy atom. The van der Waals surface area contributed by atoms with Crippen molar-refractivity contribution >= 4 is 11.6 Å². The van der Waals surface area contributed by atoms with Gasteiger partial charge in [-0.1, -0.05) is 11.6 Å². The average Bonchev–Trinajstić information content (AvgIpc) is 3.24. The SMILES string of the molecule is CCNc1ccc(C)cc1C(=O)NCCOCC1CC1. The molecule has 4 nitrogen and oxygen atoms in total. The van der Waals surface area contributed by atoms with Crippen molar-refractivity contribution in [3.63, 3.8) is 0 Å². The van der Waals surface area contributed by atoms with Crippen LogP contribution in [0.1, 0.15) is 35.7 Å². The minimum atomic E-state index is -0.0420. The van der Waals surface area contributed by atoms with Gasteiger partial charge in [-0.3, -0.25) is 4.79 Å². The zero-order chi connectivity index (χ0) is 14.4. The molecule has 0 atom stereocenters. The second-order valence-electron chi connectivity index (χ2n) is 5.35. The zero-order valence-electron chi connectivity index (χ0n) is 12.4.